The van der Waals surface area contributed by atoms with Gasteiger partial charge in [-0.3, -0.25) is 29.2 Å². The maximum atomic E-state index is 13.2. The van der Waals surface area contributed by atoms with Crippen molar-refractivity contribution in [1.82, 2.24) is 0 Å². The summed E-state index contributed by atoms with van der Waals surface area (Å²) in [4.78, 5) is 45.8. The number of amides is 1. The van der Waals surface area contributed by atoms with E-state index in [1.807, 2.05) is 0 Å². The highest BCUT2D eigenvalue weighted by atomic mass is 32.2. The number of hydrogen-bond donors (Lipinski definition) is 2. The highest BCUT2D eigenvalue weighted by molar-refractivity contribution is 7.93. The van der Waals surface area contributed by atoms with Gasteiger partial charge in [0.05, 0.1) is 9.82 Å². The SMILES string of the molecule is CC(=O)Oc1cc(C=CC(=O)Nc2cccc3c(S(=O)(=O)Nc4ccc([N+](=O)[O-])cc4)cccc23)cc(OC(C)=O)c1. The number of anilines is 2. The Labute approximate surface area is 239 Å². The van der Waals surface area contributed by atoms with Gasteiger partial charge in [0.15, 0.2) is 0 Å². The lowest BCUT2D eigenvalue weighted by atomic mass is 10.1. The second-order valence-corrected chi connectivity index (χ2v) is 10.5. The van der Waals surface area contributed by atoms with Gasteiger partial charge in [-0.2, -0.15) is 0 Å². The van der Waals surface area contributed by atoms with E-state index in [4.69, 9.17) is 9.47 Å². The Kier molecular flexibility index (Phi) is 8.62. The molecule has 4 aromatic rings. The Morgan fingerprint density at radius 3 is 2.02 bits per heavy atom. The predicted octanol–water partition coefficient (Wildman–Crippen LogP) is 5.05. The van der Waals surface area contributed by atoms with Crippen molar-refractivity contribution in [3.8, 4) is 11.5 Å². The van der Waals surface area contributed by atoms with Crippen molar-refractivity contribution < 1.29 is 37.2 Å². The van der Waals surface area contributed by atoms with E-state index in [2.05, 4.69) is 10.0 Å². The first-order valence-corrected chi connectivity index (χ1v) is 13.7. The third-order valence-corrected chi connectivity index (χ3v) is 7.05. The Bertz CT molecular complexity index is 1820. The number of nitro benzene ring substituents is 1. The lowest BCUT2D eigenvalue weighted by Crippen LogP contribution is -2.14. The fraction of sp³-hybridized carbons (Fsp3) is 0.0690. The quantitative estimate of drug-likeness (QED) is 0.0891. The van der Waals surface area contributed by atoms with Gasteiger partial charge in [-0.15, -0.1) is 0 Å². The molecule has 0 heterocycles. The number of benzene rings is 4. The van der Waals surface area contributed by atoms with Gasteiger partial charge in [-0.1, -0.05) is 24.3 Å². The summed E-state index contributed by atoms with van der Waals surface area (Å²) in [7, 11) is -4.11. The summed E-state index contributed by atoms with van der Waals surface area (Å²) in [5.41, 5.74) is 0.703. The fourth-order valence-corrected chi connectivity index (χ4v) is 5.25. The van der Waals surface area contributed by atoms with Crippen molar-refractivity contribution in [2.24, 2.45) is 0 Å². The van der Waals surface area contributed by atoms with Gasteiger partial charge in [0.2, 0.25) is 5.91 Å². The van der Waals surface area contributed by atoms with Crippen molar-refractivity contribution in [1.29, 1.82) is 0 Å². The Morgan fingerprint density at radius 2 is 1.43 bits per heavy atom. The number of sulfonamides is 1. The lowest BCUT2D eigenvalue weighted by Gasteiger charge is -2.13. The number of ether oxygens (including phenoxy) is 2. The molecule has 1 amide bonds. The van der Waals surface area contributed by atoms with Crippen LogP contribution in [-0.4, -0.2) is 31.2 Å². The monoisotopic (exact) mass is 589 g/mol. The van der Waals surface area contributed by atoms with Crippen LogP contribution in [0, 0.1) is 10.1 Å². The molecule has 0 unspecified atom stereocenters. The molecule has 0 spiro atoms. The Balaban J connectivity index is 1.58. The minimum Gasteiger partial charge on any atom is -0.427 e. The smallest absolute Gasteiger partial charge is 0.308 e. The first-order chi connectivity index (χ1) is 19.9. The van der Waals surface area contributed by atoms with E-state index in [0.29, 0.717) is 22.0 Å². The van der Waals surface area contributed by atoms with E-state index in [1.54, 1.807) is 24.3 Å². The number of hydrogen-bond acceptors (Lipinski definition) is 9. The summed E-state index contributed by atoms with van der Waals surface area (Å²) >= 11 is 0. The maximum Gasteiger partial charge on any atom is 0.308 e. The second kappa shape index (κ2) is 12.3. The molecule has 0 aliphatic heterocycles. The number of nitro groups is 1. The Hall–Kier alpha value is -5.56. The number of esters is 2. The summed E-state index contributed by atoms with van der Waals surface area (Å²) in [6.07, 6.45) is 2.63. The molecule has 4 rings (SSSR count). The second-order valence-electron chi connectivity index (χ2n) is 8.81. The summed E-state index contributed by atoms with van der Waals surface area (Å²) in [6.45, 7) is 2.43. The number of carbonyl (C=O) groups excluding carboxylic acids is 3. The van der Waals surface area contributed by atoms with Crippen molar-refractivity contribution >= 4 is 61.8 Å². The molecule has 2 N–H and O–H groups in total. The van der Waals surface area contributed by atoms with E-state index < -0.39 is 32.8 Å². The van der Waals surface area contributed by atoms with E-state index in [1.165, 1.54) is 80.6 Å². The molecule has 0 aliphatic carbocycles. The van der Waals surface area contributed by atoms with Crippen LogP contribution in [0.25, 0.3) is 16.8 Å². The van der Waals surface area contributed by atoms with E-state index >= 15 is 0 Å². The minimum absolute atomic E-state index is 0.0646. The minimum atomic E-state index is -4.11. The van der Waals surface area contributed by atoms with Crippen LogP contribution in [0.3, 0.4) is 0 Å². The van der Waals surface area contributed by atoms with Crippen LogP contribution >= 0.6 is 0 Å². The molecule has 42 heavy (non-hydrogen) atoms. The molecular formula is C29H23N3O9S. The molecule has 4 aromatic carbocycles. The van der Waals surface area contributed by atoms with E-state index in [-0.39, 0.29) is 27.8 Å². The van der Waals surface area contributed by atoms with Gasteiger partial charge in [0.25, 0.3) is 15.7 Å². The fourth-order valence-electron chi connectivity index (χ4n) is 3.97. The van der Waals surface area contributed by atoms with E-state index in [9.17, 15) is 32.9 Å². The molecule has 12 nitrogen and oxygen atoms in total. The van der Waals surface area contributed by atoms with Crippen LogP contribution in [-0.2, 0) is 24.4 Å². The maximum absolute atomic E-state index is 13.2. The first-order valence-electron chi connectivity index (χ1n) is 12.2. The van der Waals surface area contributed by atoms with Crippen molar-refractivity contribution in [3.05, 3.63) is 101 Å². The molecule has 0 fully saturated rings. The van der Waals surface area contributed by atoms with Crippen LogP contribution < -0.4 is 19.5 Å². The third kappa shape index (κ3) is 7.34. The van der Waals surface area contributed by atoms with Crippen LogP contribution in [0.2, 0.25) is 0 Å². The van der Waals surface area contributed by atoms with Crippen molar-refractivity contribution in [3.63, 3.8) is 0 Å². The standard InChI is InChI=1S/C29H23N3O9S/c1-18(33)40-23-15-20(16-24(17-23)41-19(2)34)9-14-29(35)30-27-7-3-6-26-25(27)5-4-8-28(26)42(38,39)31-21-10-12-22(13-11-21)32(36)37/h3-17,31H,1-2H3,(H,30,35). The predicted molar refractivity (Wildman–Crippen MR) is 155 cm³/mol. The number of carbonyl (C=O) groups is 3. The van der Waals surface area contributed by atoms with Crippen LogP contribution in [0.5, 0.6) is 11.5 Å². The number of nitrogens with one attached hydrogen (secondary N) is 2. The zero-order valence-corrected chi connectivity index (χ0v) is 23.0. The summed E-state index contributed by atoms with van der Waals surface area (Å²) in [5, 5.41) is 14.4. The topological polar surface area (TPSA) is 171 Å². The normalized spacial score (nSPS) is 11.2. The van der Waals surface area contributed by atoms with Gasteiger partial charge in [-0.05, 0) is 48.0 Å². The van der Waals surface area contributed by atoms with Gasteiger partial charge in [0, 0.05) is 60.3 Å². The largest absolute Gasteiger partial charge is 0.427 e. The summed E-state index contributed by atoms with van der Waals surface area (Å²) in [5.74, 6) is -1.48. The molecule has 0 aliphatic rings. The van der Waals surface area contributed by atoms with Crippen LogP contribution in [0.4, 0.5) is 17.1 Å². The van der Waals surface area contributed by atoms with E-state index in [0.717, 1.165) is 0 Å². The third-order valence-electron chi connectivity index (χ3n) is 5.61. The molecule has 0 radical (unpaired) electrons. The average Bonchev–Trinajstić information content (AvgIpc) is 2.91. The highest BCUT2D eigenvalue weighted by Crippen LogP contribution is 2.30. The zero-order valence-electron chi connectivity index (χ0n) is 22.2. The van der Waals surface area contributed by atoms with Crippen molar-refractivity contribution in [2.75, 3.05) is 10.0 Å². The van der Waals surface area contributed by atoms with Crippen LogP contribution in [0.15, 0.2) is 89.8 Å². The molecule has 0 aromatic heterocycles. The molecular weight excluding hydrogens is 566 g/mol. The molecule has 0 saturated carbocycles. The molecule has 0 atom stereocenters. The highest BCUT2D eigenvalue weighted by Gasteiger charge is 2.19. The van der Waals surface area contributed by atoms with Crippen LogP contribution in [0.1, 0.15) is 19.4 Å². The number of non-ortho nitro benzene ring substituents is 1. The summed E-state index contributed by atoms with van der Waals surface area (Å²) < 4.78 is 39.0. The molecule has 214 valence electrons. The molecule has 13 heteroatoms. The van der Waals surface area contributed by atoms with Gasteiger partial charge >= 0.3 is 11.9 Å². The van der Waals surface area contributed by atoms with Gasteiger partial charge in [-0.25, -0.2) is 8.42 Å². The number of fused-ring (bicyclic) bond motifs is 1. The average molecular weight is 590 g/mol. The molecule has 0 saturated heterocycles. The zero-order chi connectivity index (χ0) is 30.4. The van der Waals surface area contributed by atoms with Crippen molar-refractivity contribution in [2.45, 2.75) is 18.7 Å². The number of nitrogens with zero attached hydrogens (tertiary/aromatic N) is 1. The van der Waals surface area contributed by atoms with Gasteiger partial charge < -0.3 is 14.8 Å². The number of rotatable bonds is 9. The first kappa shape index (κ1) is 29.4. The Morgan fingerprint density at radius 1 is 0.833 bits per heavy atom. The van der Waals surface area contributed by atoms with Gasteiger partial charge in [0.1, 0.15) is 11.5 Å². The molecule has 0 bridgehead atoms. The lowest BCUT2D eigenvalue weighted by molar-refractivity contribution is -0.384. The summed E-state index contributed by atoms with van der Waals surface area (Å²) in [6, 6.07) is 18.6.